The number of ether oxygens (including phenoxy) is 1. The predicted octanol–water partition coefficient (Wildman–Crippen LogP) is 5.24. The zero-order valence-corrected chi connectivity index (χ0v) is 21.6. The standard InChI is InChI=1S/C28H28ClN7O2/c29-22-4-7-24(8-5-22)38-25-3-1-2-21(14-25)16-34-12-10-28(11-13-34)17-35(18-28)27(37)33-23-6-9-26(31-15-23)36-20-30-19-32-36/h1-9,14-15,19-20H,10-13,16-18H2,(H,33,37). The second-order valence-corrected chi connectivity index (χ2v) is 10.4. The summed E-state index contributed by atoms with van der Waals surface area (Å²) in [5.41, 5.74) is 2.12. The van der Waals surface area contributed by atoms with Crippen LogP contribution in [-0.2, 0) is 6.54 Å². The summed E-state index contributed by atoms with van der Waals surface area (Å²) in [6, 6.07) is 19.2. The maximum atomic E-state index is 12.7. The molecule has 38 heavy (non-hydrogen) atoms. The van der Waals surface area contributed by atoms with Crippen molar-refractivity contribution in [2.75, 3.05) is 31.5 Å². The highest BCUT2D eigenvalue weighted by Gasteiger charge is 2.46. The van der Waals surface area contributed by atoms with Gasteiger partial charge in [-0.2, -0.15) is 5.10 Å². The van der Waals surface area contributed by atoms with Crippen LogP contribution in [0.2, 0.25) is 5.02 Å². The maximum absolute atomic E-state index is 12.7. The van der Waals surface area contributed by atoms with Gasteiger partial charge < -0.3 is 15.0 Å². The number of pyridine rings is 1. The molecule has 0 radical (unpaired) electrons. The first-order chi connectivity index (χ1) is 18.5. The molecule has 1 spiro atoms. The van der Waals surface area contributed by atoms with E-state index >= 15 is 0 Å². The van der Waals surface area contributed by atoms with Crippen molar-refractivity contribution in [2.24, 2.45) is 5.41 Å². The minimum atomic E-state index is -0.0779. The Morgan fingerprint density at radius 2 is 1.84 bits per heavy atom. The molecule has 0 aliphatic carbocycles. The highest BCUT2D eigenvalue weighted by Crippen LogP contribution is 2.41. The number of nitrogens with zero attached hydrogens (tertiary/aromatic N) is 6. The zero-order valence-electron chi connectivity index (χ0n) is 20.8. The Morgan fingerprint density at radius 1 is 1.03 bits per heavy atom. The number of urea groups is 1. The van der Waals surface area contributed by atoms with Crippen LogP contribution in [0.1, 0.15) is 18.4 Å². The summed E-state index contributed by atoms with van der Waals surface area (Å²) in [4.78, 5) is 25.4. The number of benzene rings is 2. The van der Waals surface area contributed by atoms with Gasteiger partial charge in [-0.05, 0) is 80.0 Å². The molecule has 194 valence electrons. The van der Waals surface area contributed by atoms with Crippen LogP contribution in [0, 0.1) is 5.41 Å². The van der Waals surface area contributed by atoms with Crippen molar-refractivity contribution in [3.8, 4) is 17.3 Å². The first-order valence-electron chi connectivity index (χ1n) is 12.7. The Kier molecular flexibility index (Phi) is 6.70. The summed E-state index contributed by atoms with van der Waals surface area (Å²) < 4.78 is 7.56. The number of aromatic nitrogens is 4. The first kappa shape index (κ1) is 24.4. The number of amides is 2. The Morgan fingerprint density at radius 3 is 2.55 bits per heavy atom. The number of likely N-dealkylation sites (tertiary alicyclic amines) is 2. The quantitative estimate of drug-likeness (QED) is 0.367. The predicted molar refractivity (Wildman–Crippen MR) is 145 cm³/mol. The Hall–Kier alpha value is -3.95. The topological polar surface area (TPSA) is 88.4 Å². The molecule has 4 aromatic rings. The van der Waals surface area contributed by atoms with Crippen molar-refractivity contribution >= 4 is 23.3 Å². The highest BCUT2D eigenvalue weighted by atomic mass is 35.5. The van der Waals surface area contributed by atoms with Crippen molar-refractivity contribution in [1.82, 2.24) is 29.5 Å². The van der Waals surface area contributed by atoms with Crippen LogP contribution in [0.5, 0.6) is 11.5 Å². The van der Waals surface area contributed by atoms with Crippen LogP contribution in [-0.4, -0.2) is 61.8 Å². The number of hydrogen-bond acceptors (Lipinski definition) is 6. The molecule has 2 amide bonds. The number of piperidine rings is 1. The van der Waals surface area contributed by atoms with E-state index in [2.05, 4.69) is 37.4 Å². The lowest BCUT2D eigenvalue weighted by atomic mass is 9.72. The van der Waals surface area contributed by atoms with Crippen molar-refractivity contribution in [2.45, 2.75) is 19.4 Å². The van der Waals surface area contributed by atoms with Crippen molar-refractivity contribution < 1.29 is 9.53 Å². The van der Waals surface area contributed by atoms with Crippen molar-refractivity contribution in [3.05, 3.63) is 90.1 Å². The molecule has 10 heteroatoms. The van der Waals surface area contributed by atoms with Gasteiger partial charge in [0.2, 0.25) is 0 Å². The van der Waals surface area contributed by atoms with Crippen molar-refractivity contribution in [3.63, 3.8) is 0 Å². The van der Waals surface area contributed by atoms with E-state index in [9.17, 15) is 4.79 Å². The van der Waals surface area contributed by atoms with Gasteiger partial charge in [0.15, 0.2) is 5.82 Å². The fourth-order valence-electron chi connectivity index (χ4n) is 5.14. The number of carbonyl (C=O) groups is 1. The van der Waals surface area contributed by atoms with Crippen LogP contribution >= 0.6 is 11.6 Å². The van der Waals surface area contributed by atoms with Gasteiger partial charge in [-0.1, -0.05) is 23.7 Å². The zero-order chi connectivity index (χ0) is 26.0. The largest absolute Gasteiger partial charge is 0.457 e. The second-order valence-electron chi connectivity index (χ2n) is 10.0. The number of halogens is 1. The van der Waals surface area contributed by atoms with Gasteiger partial charge in [-0.15, -0.1) is 0 Å². The molecule has 4 heterocycles. The third-order valence-corrected chi connectivity index (χ3v) is 7.52. The van der Waals surface area contributed by atoms with E-state index in [1.807, 2.05) is 47.4 Å². The number of carbonyl (C=O) groups excluding carboxylic acids is 1. The summed E-state index contributed by atoms with van der Waals surface area (Å²) in [5.74, 6) is 2.24. The van der Waals surface area contributed by atoms with E-state index in [1.54, 1.807) is 23.3 Å². The molecular formula is C28H28ClN7O2. The molecule has 2 fully saturated rings. The van der Waals surface area contributed by atoms with E-state index in [0.717, 1.165) is 57.1 Å². The SMILES string of the molecule is O=C(Nc1ccc(-n2cncn2)nc1)N1CC2(CCN(Cc3cccc(Oc4ccc(Cl)cc4)c3)CC2)C1. The molecule has 0 atom stereocenters. The molecule has 6 rings (SSSR count). The van der Waals surface area contributed by atoms with Crippen LogP contribution < -0.4 is 10.1 Å². The summed E-state index contributed by atoms with van der Waals surface area (Å²) >= 11 is 5.97. The number of anilines is 1. The number of hydrogen-bond donors (Lipinski definition) is 1. The summed E-state index contributed by atoms with van der Waals surface area (Å²) in [6.45, 7) is 4.51. The van der Waals surface area contributed by atoms with Crippen LogP contribution in [0.4, 0.5) is 10.5 Å². The summed E-state index contributed by atoms with van der Waals surface area (Å²) in [5, 5.41) is 7.71. The van der Waals surface area contributed by atoms with Crippen LogP contribution in [0.15, 0.2) is 79.5 Å². The Balaban J connectivity index is 0.965. The van der Waals surface area contributed by atoms with E-state index in [4.69, 9.17) is 16.3 Å². The van der Waals surface area contributed by atoms with Crippen LogP contribution in [0.25, 0.3) is 5.82 Å². The average Bonchev–Trinajstić information content (AvgIpc) is 3.45. The molecule has 2 aliphatic heterocycles. The van der Waals surface area contributed by atoms with Gasteiger partial charge in [0.1, 0.15) is 24.2 Å². The van der Waals surface area contributed by atoms with Gasteiger partial charge in [0.25, 0.3) is 0 Å². The molecule has 9 nitrogen and oxygen atoms in total. The molecule has 1 N–H and O–H groups in total. The molecule has 2 aliphatic rings. The molecule has 0 bridgehead atoms. The molecule has 0 unspecified atom stereocenters. The smallest absolute Gasteiger partial charge is 0.321 e. The van der Waals surface area contributed by atoms with E-state index in [0.29, 0.717) is 16.5 Å². The van der Waals surface area contributed by atoms with Gasteiger partial charge in [0, 0.05) is 30.1 Å². The van der Waals surface area contributed by atoms with Crippen LogP contribution in [0.3, 0.4) is 0 Å². The normalized spacial score (nSPS) is 16.7. The monoisotopic (exact) mass is 529 g/mol. The average molecular weight is 530 g/mol. The third kappa shape index (κ3) is 5.49. The third-order valence-electron chi connectivity index (χ3n) is 7.26. The van der Waals surface area contributed by atoms with Gasteiger partial charge >= 0.3 is 6.03 Å². The van der Waals surface area contributed by atoms with Crippen molar-refractivity contribution in [1.29, 1.82) is 0 Å². The molecular weight excluding hydrogens is 502 g/mol. The fourth-order valence-corrected chi connectivity index (χ4v) is 5.26. The highest BCUT2D eigenvalue weighted by molar-refractivity contribution is 6.30. The molecule has 2 saturated heterocycles. The van der Waals surface area contributed by atoms with Gasteiger partial charge in [-0.25, -0.2) is 19.4 Å². The Labute approximate surface area is 226 Å². The minimum absolute atomic E-state index is 0.0779. The van der Waals surface area contributed by atoms with E-state index in [-0.39, 0.29) is 11.4 Å². The molecule has 0 saturated carbocycles. The lowest BCUT2D eigenvalue weighted by Gasteiger charge is -2.53. The first-order valence-corrected chi connectivity index (χ1v) is 13.0. The summed E-state index contributed by atoms with van der Waals surface area (Å²) in [7, 11) is 0. The Bertz CT molecular complexity index is 1380. The van der Waals surface area contributed by atoms with E-state index in [1.165, 1.54) is 11.9 Å². The van der Waals surface area contributed by atoms with Gasteiger partial charge in [-0.3, -0.25) is 4.90 Å². The van der Waals surface area contributed by atoms with Gasteiger partial charge in [0.05, 0.1) is 11.9 Å². The molecule has 2 aromatic carbocycles. The lowest BCUT2D eigenvalue weighted by Crippen LogP contribution is -2.62. The number of nitrogens with one attached hydrogen (secondary N) is 1. The van der Waals surface area contributed by atoms with E-state index < -0.39 is 0 Å². The maximum Gasteiger partial charge on any atom is 0.321 e. The second kappa shape index (κ2) is 10.4. The molecule has 2 aromatic heterocycles. The minimum Gasteiger partial charge on any atom is -0.457 e. The lowest BCUT2D eigenvalue weighted by molar-refractivity contribution is -0.0200. The fraction of sp³-hybridized carbons (Fsp3) is 0.286. The summed E-state index contributed by atoms with van der Waals surface area (Å²) in [6.07, 6.45) is 6.86. The number of rotatable bonds is 6.